The zero-order chi connectivity index (χ0) is 14.9. The first kappa shape index (κ1) is 13.3. The second kappa shape index (κ2) is 4.85. The zero-order valence-corrected chi connectivity index (χ0v) is 10.6. The van der Waals surface area contributed by atoms with Crippen molar-refractivity contribution in [3.05, 3.63) is 34.9 Å². The number of carboxylic acids is 1. The van der Waals surface area contributed by atoms with Gasteiger partial charge in [0.05, 0.1) is 11.3 Å². The van der Waals surface area contributed by atoms with E-state index in [0.29, 0.717) is 11.1 Å². The largest absolute Gasteiger partial charge is 0.478 e. The minimum absolute atomic E-state index is 0.0348. The fraction of sp³-hybridized carbons (Fsp3) is 0.0769. The predicted octanol–water partition coefficient (Wildman–Crippen LogP) is 1.19. The molecule has 1 heterocycles. The summed E-state index contributed by atoms with van der Waals surface area (Å²) in [6.07, 6.45) is 0. The number of nitrogens with zero attached hydrogens (tertiary/aromatic N) is 3. The lowest BCUT2D eigenvalue weighted by atomic mass is 10.0. The van der Waals surface area contributed by atoms with E-state index in [1.54, 1.807) is 19.1 Å². The summed E-state index contributed by atoms with van der Waals surface area (Å²) >= 11 is 0. The van der Waals surface area contributed by atoms with Crippen molar-refractivity contribution < 1.29 is 9.90 Å². The lowest BCUT2D eigenvalue weighted by molar-refractivity contribution is 0.0696. The second-order valence-electron chi connectivity index (χ2n) is 4.14. The van der Waals surface area contributed by atoms with E-state index in [1.165, 1.54) is 6.07 Å². The van der Waals surface area contributed by atoms with E-state index in [2.05, 4.69) is 9.97 Å². The van der Waals surface area contributed by atoms with Crippen LogP contribution in [0.3, 0.4) is 0 Å². The van der Waals surface area contributed by atoms with Crippen molar-refractivity contribution in [2.24, 2.45) is 0 Å². The number of aromatic nitrogens is 2. The summed E-state index contributed by atoms with van der Waals surface area (Å²) in [5, 5.41) is 18.2. The fourth-order valence-electron chi connectivity index (χ4n) is 1.81. The molecule has 7 nitrogen and oxygen atoms in total. The molecular weight excluding hydrogens is 258 g/mol. The van der Waals surface area contributed by atoms with Crippen LogP contribution in [0.5, 0.6) is 0 Å². The monoisotopic (exact) mass is 269 g/mol. The molecule has 0 saturated heterocycles. The summed E-state index contributed by atoms with van der Waals surface area (Å²) in [5.41, 5.74) is 12.6. The van der Waals surface area contributed by atoms with Crippen molar-refractivity contribution in [1.29, 1.82) is 5.26 Å². The Kier molecular flexibility index (Phi) is 3.23. The molecule has 100 valence electrons. The maximum Gasteiger partial charge on any atom is 0.335 e. The maximum absolute atomic E-state index is 11.1. The Balaban J connectivity index is 2.72. The van der Waals surface area contributed by atoms with Crippen molar-refractivity contribution in [2.75, 3.05) is 11.5 Å². The molecule has 0 radical (unpaired) electrons. The molecule has 1 aromatic heterocycles. The summed E-state index contributed by atoms with van der Waals surface area (Å²) < 4.78 is 0. The number of rotatable bonds is 2. The molecule has 0 bridgehead atoms. The predicted molar refractivity (Wildman–Crippen MR) is 72.7 cm³/mol. The van der Waals surface area contributed by atoms with Gasteiger partial charge in [-0.25, -0.2) is 9.78 Å². The van der Waals surface area contributed by atoms with E-state index < -0.39 is 5.97 Å². The highest BCUT2D eigenvalue weighted by Crippen LogP contribution is 2.27. The highest BCUT2D eigenvalue weighted by atomic mass is 16.4. The molecule has 0 fully saturated rings. The number of nitrogens with two attached hydrogens (primary N) is 2. The highest BCUT2D eigenvalue weighted by molar-refractivity contribution is 5.91. The first-order valence-corrected chi connectivity index (χ1v) is 5.61. The smallest absolute Gasteiger partial charge is 0.335 e. The Morgan fingerprint density at radius 2 is 2.05 bits per heavy atom. The van der Waals surface area contributed by atoms with Crippen molar-refractivity contribution in [2.45, 2.75) is 6.92 Å². The number of anilines is 2. The average Bonchev–Trinajstić information content (AvgIpc) is 2.38. The second-order valence-corrected chi connectivity index (χ2v) is 4.14. The van der Waals surface area contributed by atoms with E-state index in [1.807, 2.05) is 6.07 Å². The molecule has 2 rings (SSSR count). The van der Waals surface area contributed by atoms with Crippen LogP contribution >= 0.6 is 0 Å². The molecule has 0 saturated carbocycles. The molecule has 0 unspecified atom stereocenters. The number of benzene rings is 1. The third-order valence-electron chi connectivity index (χ3n) is 2.81. The third kappa shape index (κ3) is 2.22. The molecule has 0 aliphatic rings. The van der Waals surface area contributed by atoms with Gasteiger partial charge in [-0.05, 0) is 18.6 Å². The average molecular weight is 269 g/mol. The number of aromatic carboxylic acids is 1. The summed E-state index contributed by atoms with van der Waals surface area (Å²) in [6.45, 7) is 1.68. The van der Waals surface area contributed by atoms with Crippen LogP contribution < -0.4 is 11.5 Å². The van der Waals surface area contributed by atoms with E-state index in [0.717, 1.165) is 0 Å². The number of aryl methyl sites for hydroxylation is 1. The van der Waals surface area contributed by atoms with Crippen LogP contribution in [-0.2, 0) is 0 Å². The summed E-state index contributed by atoms with van der Waals surface area (Å²) in [6, 6.07) is 6.62. The first-order chi connectivity index (χ1) is 9.43. The molecule has 7 heteroatoms. The molecule has 0 spiro atoms. The fourth-order valence-corrected chi connectivity index (χ4v) is 1.81. The highest BCUT2D eigenvalue weighted by Gasteiger charge is 2.15. The van der Waals surface area contributed by atoms with Gasteiger partial charge in [-0.15, -0.1) is 0 Å². The van der Waals surface area contributed by atoms with Crippen LogP contribution in [0.15, 0.2) is 18.2 Å². The Morgan fingerprint density at radius 1 is 1.35 bits per heavy atom. The van der Waals surface area contributed by atoms with Crippen LogP contribution in [0.1, 0.15) is 21.5 Å². The number of carboxylic acid groups (broad SMARTS) is 1. The standard InChI is InChI=1S/C13H11N5O2/c1-6-2-3-7(4-8(6)12(19)20)10-9(5-14)11(15)18-13(16)17-10/h2-4H,1H3,(H,19,20)(H4,15,16,17,18). The molecule has 0 atom stereocenters. The minimum atomic E-state index is -1.06. The summed E-state index contributed by atoms with van der Waals surface area (Å²) in [4.78, 5) is 18.8. The Hall–Kier alpha value is -3.14. The Morgan fingerprint density at radius 3 is 2.65 bits per heavy atom. The summed E-state index contributed by atoms with van der Waals surface area (Å²) in [7, 11) is 0. The van der Waals surface area contributed by atoms with Gasteiger partial charge in [0.2, 0.25) is 5.95 Å². The number of hydrogen-bond donors (Lipinski definition) is 3. The zero-order valence-electron chi connectivity index (χ0n) is 10.6. The Labute approximate surface area is 114 Å². The van der Waals surface area contributed by atoms with Crippen molar-refractivity contribution >= 4 is 17.7 Å². The minimum Gasteiger partial charge on any atom is -0.478 e. The van der Waals surface area contributed by atoms with Gasteiger partial charge < -0.3 is 16.6 Å². The van der Waals surface area contributed by atoms with E-state index in [-0.39, 0.29) is 28.6 Å². The molecule has 0 aliphatic carbocycles. The van der Waals surface area contributed by atoms with Gasteiger partial charge in [-0.2, -0.15) is 10.2 Å². The quantitative estimate of drug-likeness (QED) is 0.743. The molecule has 0 amide bonds. The van der Waals surface area contributed by atoms with Gasteiger partial charge in [0.25, 0.3) is 0 Å². The molecule has 1 aromatic carbocycles. The lowest BCUT2D eigenvalue weighted by Gasteiger charge is -2.08. The molecule has 20 heavy (non-hydrogen) atoms. The number of nitriles is 1. The van der Waals surface area contributed by atoms with E-state index >= 15 is 0 Å². The van der Waals surface area contributed by atoms with Crippen molar-refractivity contribution in [3.63, 3.8) is 0 Å². The number of hydrogen-bond acceptors (Lipinski definition) is 6. The van der Waals surface area contributed by atoms with Gasteiger partial charge in [-0.3, -0.25) is 0 Å². The van der Waals surface area contributed by atoms with Crippen LogP contribution in [0.4, 0.5) is 11.8 Å². The van der Waals surface area contributed by atoms with Gasteiger partial charge in [0.15, 0.2) is 0 Å². The maximum atomic E-state index is 11.1. The molecule has 5 N–H and O–H groups in total. The molecule has 2 aromatic rings. The normalized spacial score (nSPS) is 10.0. The van der Waals surface area contributed by atoms with Crippen molar-refractivity contribution in [3.8, 4) is 17.3 Å². The topological polar surface area (TPSA) is 139 Å². The van der Waals surface area contributed by atoms with Gasteiger partial charge in [0, 0.05) is 5.56 Å². The summed E-state index contributed by atoms with van der Waals surface area (Å²) in [5.74, 6) is -1.17. The Bertz CT molecular complexity index is 749. The van der Waals surface area contributed by atoms with E-state index in [4.69, 9.17) is 21.8 Å². The van der Waals surface area contributed by atoms with Crippen LogP contribution in [-0.4, -0.2) is 21.0 Å². The number of carbonyl (C=O) groups is 1. The van der Waals surface area contributed by atoms with E-state index in [9.17, 15) is 4.79 Å². The first-order valence-electron chi connectivity index (χ1n) is 5.61. The van der Waals surface area contributed by atoms with Gasteiger partial charge in [0.1, 0.15) is 17.5 Å². The molecular formula is C13H11N5O2. The van der Waals surface area contributed by atoms with Crippen molar-refractivity contribution in [1.82, 2.24) is 9.97 Å². The number of nitrogen functional groups attached to an aromatic ring is 2. The SMILES string of the molecule is Cc1ccc(-c2nc(N)nc(N)c2C#N)cc1C(=O)O. The van der Waals surface area contributed by atoms with Crippen LogP contribution in [0.2, 0.25) is 0 Å². The van der Waals surface area contributed by atoms with Crippen LogP contribution in [0.25, 0.3) is 11.3 Å². The van der Waals surface area contributed by atoms with Crippen LogP contribution in [0, 0.1) is 18.3 Å². The lowest BCUT2D eigenvalue weighted by Crippen LogP contribution is -2.06. The molecule has 0 aliphatic heterocycles. The van der Waals surface area contributed by atoms with Gasteiger partial charge in [-0.1, -0.05) is 12.1 Å². The van der Waals surface area contributed by atoms with Gasteiger partial charge >= 0.3 is 5.97 Å². The third-order valence-corrected chi connectivity index (χ3v) is 2.81.